The molecule has 0 aliphatic heterocycles. The molecule has 0 saturated carbocycles. The molecule has 0 amide bonds. The standard InChI is InChI=1S/C10H12N4/c1-14-8-9(7-13-14)6-12-10-2-4-11-5-3-10/h2-5,7-8H,6H2,1H3,(H,11,12). The van der Waals surface area contributed by atoms with E-state index in [9.17, 15) is 0 Å². The first-order chi connectivity index (χ1) is 6.84. The summed E-state index contributed by atoms with van der Waals surface area (Å²) in [4.78, 5) is 3.95. The Morgan fingerprint density at radius 3 is 2.79 bits per heavy atom. The summed E-state index contributed by atoms with van der Waals surface area (Å²) in [6, 6.07) is 3.88. The lowest BCUT2D eigenvalue weighted by molar-refractivity contribution is 0.767. The molecule has 0 aromatic carbocycles. The van der Waals surface area contributed by atoms with Crippen LogP contribution in [0.2, 0.25) is 0 Å². The summed E-state index contributed by atoms with van der Waals surface area (Å²) in [7, 11) is 1.91. The highest BCUT2D eigenvalue weighted by atomic mass is 15.2. The average molecular weight is 188 g/mol. The Kier molecular flexibility index (Phi) is 2.44. The van der Waals surface area contributed by atoms with Gasteiger partial charge in [-0.05, 0) is 12.1 Å². The fourth-order valence-corrected chi connectivity index (χ4v) is 1.24. The van der Waals surface area contributed by atoms with Crippen molar-refractivity contribution in [1.29, 1.82) is 0 Å². The van der Waals surface area contributed by atoms with E-state index in [-0.39, 0.29) is 0 Å². The van der Waals surface area contributed by atoms with Crippen molar-refractivity contribution in [3.8, 4) is 0 Å². The minimum absolute atomic E-state index is 0.790. The lowest BCUT2D eigenvalue weighted by Crippen LogP contribution is -1.97. The van der Waals surface area contributed by atoms with Gasteiger partial charge in [-0.2, -0.15) is 5.10 Å². The molecule has 0 spiro atoms. The Labute approximate surface area is 82.6 Å². The van der Waals surface area contributed by atoms with Crippen LogP contribution in [0.3, 0.4) is 0 Å². The van der Waals surface area contributed by atoms with E-state index < -0.39 is 0 Å². The molecule has 1 N–H and O–H groups in total. The zero-order chi connectivity index (χ0) is 9.80. The maximum absolute atomic E-state index is 4.09. The van der Waals surface area contributed by atoms with E-state index in [1.54, 1.807) is 17.1 Å². The van der Waals surface area contributed by atoms with Crippen molar-refractivity contribution < 1.29 is 0 Å². The molecule has 4 heteroatoms. The van der Waals surface area contributed by atoms with Crippen molar-refractivity contribution in [2.24, 2.45) is 7.05 Å². The zero-order valence-electron chi connectivity index (χ0n) is 8.01. The van der Waals surface area contributed by atoms with Crippen LogP contribution in [0.25, 0.3) is 0 Å². The van der Waals surface area contributed by atoms with Gasteiger partial charge in [0.15, 0.2) is 0 Å². The molecule has 0 bridgehead atoms. The van der Waals surface area contributed by atoms with Gasteiger partial charge in [-0.25, -0.2) is 0 Å². The van der Waals surface area contributed by atoms with Gasteiger partial charge >= 0.3 is 0 Å². The van der Waals surface area contributed by atoms with E-state index in [4.69, 9.17) is 0 Å². The molecule has 0 fully saturated rings. The smallest absolute Gasteiger partial charge is 0.0539 e. The minimum Gasteiger partial charge on any atom is -0.381 e. The van der Waals surface area contributed by atoms with Gasteiger partial charge in [-0.1, -0.05) is 0 Å². The molecule has 0 radical (unpaired) electrons. The van der Waals surface area contributed by atoms with Crippen molar-refractivity contribution in [3.63, 3.8) is 0 Å². The summed E-state index contributed by atoms with van der Waals surface area (Å²) in [5.74, 6) is 0. The maximum Gasteiger partial charge on any atom is 0.0539 e. The van der Waals surface area contributed by atoms with Gasteiger partial charge in [0.25, 0.3) is 0 Å². The van der Waals surface area contributed by atoms with Crippen LogP contribution in [0.1, 0.15) is 5.56 Å². The lowest BCUT2D eigenvalue weighted by atomic mass is 10.3. The fraction of sp³-hybridized carbons (Fsp3) is 0.200. The molecule has 14 heavy (non-hydrogen) atoms. The molecule has 0 unspecified atom stereocenters. The lowest BCUT2D eigenvalue weighted by Gasteiger charge is -2.02. The summed E-state index contributed by atoms with van der Waals surface area (Å²) < 4.78 is 1.80. The van der Waals surface area contributed by atoms with Crippen LogP contribution in [0.5, 0.6) is 0 Å². The Balaban J connectivity index is 1.95. The van der Waals surface area contributed by atoms with Crippen molar-refractivity contribution >= 4 is 5.69 Å². The monoisotopic (exact) mass is 188 g/mol. The zero-order valence-corrected chi connectivity index (χ0v) is 8.01. The minimum atomic E-state index is 0.790. The average Bonchev–Trinajstić information content (AvgIpc) is 2.63. The van der Waals surface area contributed by atoms with E-state index in [2.05, 4.69) is 15.4 Å². The van der Waals surface area contributed by atoms with Crippen molar-refractivity contribution in [1.82, 2.24) is 14.8 Å². The van der Waals surface area contributed by atoms with Crippen LogP contribution in [0.15, 0.2) is 36.9 Å². The van der Waals surface area contributed by atoms with Crippen LogP contribution < -0.4 is 5.32 Å². The number of nitrogens with zero attached hydrogens (tertiary/aromatic N) is 3. The van der Waals surface area contributed by atoms with Crippen LogP contribution in [-0.2, 0) is 13.6 Å². The first kappa shape index (κ1) is 8.74. The molecule has 2 heterocycles. The fourth-order valence-electron chi connectivity index (χ4n) is 1.24. The number of hydrogen-bond donors (Lipinski definition) is 1. The van der Waals surface area contributed by atoms with Crippen LogP contribution in [0.4, 0.5) is 5.69 Å². The van der Waals surface area contributed by atoms with Crippen LogP contribution in [0, 0.1) is 0 Å². The normalized spacial score (nSPS) is 10.1. The molecule has 2 rings (SSSR count). The van der Waals surface area contributed by atoms with Crippen molar-refractivity contribution in [3.05, 3.63) is 42.5 Å². The molecule has 4 nitrogen and oxygen atoms in total. The van der Waals surface area contributed by atoms with Gasteiger partial charge in [0.2, 0.25) is 0 Å². The molecule has 72 valence electrons. The summed E-state index contributed by atoms with van der Waals surface area (Å²) in [6.45, 7) is 0.790. The summed E-state index contributed by atoms with van der Waals surface area (Å²) in [5.41, 5.74) is 2.24. The van der Waals surface area contributed by atoms with Gasteiger partial charge in [-0.3, -0.25) is 9.67 Å². The molecule has 2 aromatic rings. The van der Waals surface area contributed by atoms with Gasteiger partial charge in [0.05, 0.1) is 6.20 Å². The highest BCUT2D eigenvalue weighted by molar-refractivity contribution is 5.41. The van der Waals surface area contributed by atoms with Gasteiger partial charge in [-0.15, -0.1) is 0 Å². The predicted molar refractivity (Wildman–Crippen MR) is 54.8 cm³/mol. The first-order valence-electron chi connectivity index (χ1n) is 4.46. The summed E-state index contributed by atoms with van der Waals surface area (Å²) in [6.07, 6.45) is 7.39. The highest BCUT2D eigenvalue weighted by Gasteiger charge is 1.95. The van der Waals surface area contributed by atoms with Crippen LogP contribution >= 0.6 is 0 Å². The van der Waals surface area contributed by atoms with Gasteiger partial charge in [0.1, 0.15) is 0 Å². The number of rotatable bonds is 3. The molecular formula is C10H12N4. The van der Waals surface area contributed by atoms with E-state index in [1.807, 2.05) is 31.6 Å². The third-order valence-corrected chi connectivity index (χ3v) is 1.94. The number of pyridine rings is 1. The van der Waals surface area contributed by atoms with E-state index in [0.29, 0.717) is 0 Å². The third-order valence-electron chi connectivity index (χ3n) is 1.94. The quantitative estimate of drug-likeness (QED) is 0.792. The van der Waals surface area contributed by atoms with Crippen molar-refractivity contribution in [2.45, 2.75) is 6.54 Å². The molecular weight excluding hydrogens is 176 g/mol. The van der Waals surface area contributed by atoms with E-state index in [1.165, 1.54) is 5.56 Å². The van der Waals surface area contributed by atoms with Gasteiger partial charge in [0, 0.05) is 43.4 Å². The predicted octanol–water partition coefficient (Wildman–Crippen LogP) is 1.43. The second kappa shape index (κ2) is 3.91. The number of aromatic nitrogens is 3. The first-order valence-corrected chi connectivity index (χ1v) is 4.46. The second-order valence-electron chi connectivity index (χ2n) is 3.11. The van der Waals surface area contributed by atoms with Crippen LogP contribution in [-0.4, -0.2) is 14.8 Å². The SMILES string of the molecule is Cn1cc(CNc2ccncc2)cn1. The van der Waals surface area contributed by atoms with Crippen molar-refractivity contribution in [2.75, 3.05) is 5.32 Å². The maximum atomic E-state index is 4.09. The van der Waals surface area contributed by atoms with E-state index in [0.717, 1.165) is 12.2 Å². The third kappa shape index (κ3) is 2.10. The Bertz CT molecular complexity index is 394. The molecule has 0 aliphatic rings. The number of anilines is 1. The Morgan fingerprint density at radius 1 is 1.36 bits per heavy atom. The molecule has 0 saturated heterocycles. The number of aryl methyl sites for hydroxylation is 1. The Hall–Kier alpha value is -1.84. The number of nitrogens with one attached hydrogen (secondary N) is 1. The molecule has 0 atom stereocenters. The largest absolute Gasteiger partial charge is 0.381 e. The number of hydrogen-bond acceptors (Lipinski definition) is 3. The summed E-state index contributed by atoms with van der Waals surface area (Å²) >= 11 is 0. The molecule has 0 aliphatic carbocycles. The van der Waals surface area contributed by atoms with Gasteiger partial charge < -0.3 is 5.32 Å². The van der Waals surface area contributed by atoms with E-state index >= 15 is 0 Å². The molecule has 2 aromatic heterocycles. The second-order valence-corrected chi connectivity index (χ2v) is 3.11. The highest BCUT2D eigenvalue weighted by Crippen LogP contribution is 2.06. The summed E-state index contributed by atoms with van der Waals surface area (Å²) in [5, 5.41) is 7.37. The Morgan fingerprint density at radius 2 is 2.14 bits per heavy atom. The topological polar surface area (TPSA) is 42.7 Å².